The number of nitrogens with zero attached hydrogens (tertiary/aromatic N) is 2. The lowest BCUT2D eigenvalue weighted by atomic mass is 9.97. The molecular formula is C42H46F2N4O10. The minimum Gasteiger partial charge on any atom is -0.492 e. The highest BCUT2D eigenvalue weighted by molar-refractivity contribution is 5.98. The van der Waals surface area contributed by atoms with Crippen LogP contribution in [-0.2, 0) is 28.6 Å². The van der Waals surface area contributed by atoms with Crippen molar-refractivity contribution in [1.82, 2.24) is 9.88 Å². The van der Waals surface area contributed by atoms with Gasteiger partial charge in [-0.3, -0.25) is 19.2 Å². The summed E-state index contributed by atoms with van der Waals surface area (Å²) in [4.78, 5) is 66.2. The molecule has 16 heteroatoms. The number of nitrogens with two attached hydrogens (primary N) is 1. The van der Waals surface area contributed by atoms with Crippen molar-refractivity contribution in [1.29, 1.82) is 0 Å². The highest BCUT2D eigenvalue weighted by atomic mass is 19.1. The molecule has 0 amide bonds. The lowest BCUT2D eigenvalue weighted by Crippen LogP contribution is -2.49. The summed E-state index contributed by atoms with van der Waals surface area (Å²) in [6.45, 7) is 4.16. The second-order valence-electron chi connectivity index (χ2n) is 14.6. The van der Waals surface area contributed by atoms with Crippen LogP contribution in [-0.4, -0.2) is 91.7 Å². The normalized spacial score (nSPS) is 16.9. The quantitative estimate of drug-likeness (QED) is 0.105. The third-order valence-electron chi connectivity index (χ3n) is 10.3. The lowest BCUT2D eigenvalue weighted by molar-refractivity contribution is -0.155. The van der Waals surface area contributed by atoms with E-state index in [-0.39, 0.29) is 47.5 Å². The number of methoxy groups -OCH3 is 1. The molecule has 4 N–H and O–H groups in total. The van der Waals surface area contributed by atoms with E-state index in [4.69, 9.17) is 29.8 Å². The van der Waals surface area contributed by atoms with Gasteiger partial charge in [-0.15, -0.1) is 0 Å². The van der Waals surface area contributed by atoms with Crippen LogP contribution in [0.3, 0.4) is 0 Å². The predicted molar refractivity (Wildman–Crippen MR) is 209 cm³/mol. The third kappa shape index (κ3) is 9.45. The first kappa shape index (κ1) is 41.8. The summed E-state index contributed by atoms with van der Waals surface area (Å²) in [7, 11) is 1.41. The lowest BCUT2D eigenvalue weighted by Gasteiger charge is -2.35. The number of nitrogens with one attached hydrogen (secondary N) is 1. The van der Waals surface area contributed by atoms with Gasteiger partial charge in [0.25, 0.3) is 0 Å². The standard InChI is InChI=1S/C42H46F2N4O10/c1-23-20-47(15-14-46-23)37-33(44)18-30-36(39(37)55-3)48(27-10-11-27)21-31(38(30)50)42(54)57-22-28(13-16-56-35(49)19-34(45)40(51)52)58-41(53)24(2)26-9-12-29(32(43)17-26)25-7-5-4-6-8-25/h4-9,12,17-18,21,23-24,27-28,34,46H,10-11,13-16,19-20,22,45H2,1-3H3,(H,51,52). The van der Waals surface area contributed by atoms with E-state index >= 15 is 8.78 Å². The van der Waals surface area contributed by atoms with Crippen molar-refractivity contribution in [3.05, 3.63) is 93.8 Å². The molecule has 1 saturated carbocycles. The molecule has 2 fully saturated rings. The highest BCUT2D eigenvalue weighted by Gasteiger charge is 2.33. The van der Waals surface area contributed by atoms with Crippen LogP contribution in [0.15, 0.2) is 65.6 Å². The number of hydrogen-bond donors (Lipinski definition) is 3. The van der Waals surface area contributed by atoms with E-state index in [0.717, 1.165) is 18.9 Å². The molecule has 1 aliphatic heterocycles. The van der Waals surface area contributed by atoms with Gasteiger partial charge in [-0.2, -0.15) is 0 Å². The molecule has 6 rings (SSSR count). The number of fused-ring (bicyclic) bond motifs is 1. The minimum absolute atomic E-state index is 0.0727. The van der Waals surface area contributed by atoms with Crippen LogP contribution in [0.2, 0.25) is 0 Å². The number of benzene rings is 3. The molecule has 2 aliphatic rings. The van der Waals surface area contributed by atoms with Gasteiger partial charge in [-0.25, -0.2) is 13.6 Å². The van der Waals surface area contributed by atoms with E-state index < -0.39 is 72.0 Å². The van der Waals surface area contributed by atoms with Crippen LogP contribution in [0.25, 0.3) is 22.0 Å². The van der Waals surface area contributed by atoms with Crippen molar-refractivity contribution < 1.29 is 52.0 Å². The number of hydrogen-bond acceptors (Lipinski definition) is 12. The number of piperazine rings is 1. The maximum absolute atomic E-state index is 16.0. The fraction of sp³-hybridized carbons (Fsp3) is 0.405. The van der Waals surface area contributed by atoms with E-state index in [1.165, 1.54) is 26.3 Å². The first-order valence-corrected chi connectivity index (χ1v) is 19.1. The number of aromatic nitrogens is 1. The number of esters is 3. The summed E-state index contributed by atoms with van der Waals surface area (Å²) in [5.41, 5.74) is 6.13. The molecule has 14 nitrogen and oxygen atoms in total. The van der Waals surface area contributed by atoms with Crippen molar-refractivity contribution in [2.24, 2.45) is 5.73 Å². The van der Waals surface area contributed by atoms with Crippen molar-refractivity contribution in [3.8, 4) is 16.9 Å². The number of carboxylic acids is 1. The third-order valence-corrected chi connectivity index (χ3v) is 10.3. The Bertz CT molecular complexity index is 2250. The maximum Gasteiger partial charge on any atom is 0.343 e. The summed E-state index contributed by atoms with van der Waals surface area (Å²) in [5.74, 6) is -6.25. The Morgan fingerprint density at radius 2 is 1.78 bits per heavy atom. The molecule has 4 unspecified atom stereocenters. The fourth-order valence-corrected chi connectivity index (χ4v) is 6.96. The summed E-state index contributed by atoms with van der Waals surface area (Å²) < 4.78 is 55.0. The molecular weight excluding hydrogens is 758 g/mol. The number of carbonyl (C=O) groups excluding carboxylic acids is 3. The van der Waals surface area contributed by atoms with Crippen molar-refractivity contribution >= 4 is 40.5 Å². The average Bonchev–Trinajstić information content (AvgIpc) is 4.05. The van der Waals surface area contributed by atoms with Crippen LogP contribution in [0.1, 0.15) is 67.4 Å². The van der Waals surface area contributed by atoms with Crippen molar-refractivity contribution in [3.63, 3.8) is 0 Å². The Kier molecular flexibility index (Phi) is 13.1. The Morgan fingerprint density at radius 3 is 2.43 bits per heavy atom. The fourth-order valence-electron chi connectivity index (χ4n) is 6.96. The molecule has 0 radical (unpaired) electrons. The van der Waals surface area contributed by atoms with Gasteiger partial charge in [-0.05, 0) is 49.9 Å². The topological polar surface area (TPSA) is 189 Å². The molecule has 4 aromatic rings. The van der Waals surface area contributed by atoms with Gasteiger partial charge in [-0.1, -0.05) is 42.5 Å². The zero-order valence-corrected chi connectivity index (χ0v) is 32.4. The van der Waals surface area contributed by atoms with Gasteiger partial charge >= 0.3 is 23.9 Å². The van der Waals surface area contributed by atoms with Crippen LogP contribution in [0.4, 0.5) is 14.5 Å². The van der Waals surface area contributed by atoms with Gasteiger partial charge in [0.05, 0.1) is 37.0 Å². The smallest absolute Gasteiger partial charge is 0.343 e. The van der Waals surface area contributed by atoms with Gasteiger partial charge in [0.15, 0.2) is 11.6 Å². The Balaban J connectivity index is 1.23. The zero-order chi connectivity index (χ0) is 41.7. The monoisotopic (exact) mass is 804 g/mol. The molecule has 2 heterocycles. The average molecular weight is 805 g/mol. The number of carbonyl (C=O) groups is 4. The number of rotatable bonds is 16. The number of halogens is 2. The zero-order valence-electron chi connectivity index (χ0n) is 32.4. The second-order valence-corrected chi connectivity index (χ2v) is 14.6. The molecule has 3 aromatic carbocycles. The van der Waals surface area contributed by atoms with Crippen LogP contribution in [0, 0.1) is 11.6 Å². The second kappa shape index (κ2) is 18.2. The van der Waals surface area contributed by atoms with E-state index in [2.05, 4.69) is 5.32 Å². The molecule has 1 aliphatic carbocycles. The molecule has 0 spiro atoms. The predicted octanol–water partition coefficient (Wildman–Crippen LogP) is 4.70. The summed E-state index contributed by atoms with van der Waals surface area (Å²) in [6, 6.07) is 12.8. The molecule has 58 heavy (non-hydrogen) atoms. The number of anilines is 1. The van der Waals surface area contributed by atoms with E-state index in [0.29, 0.717) is 41.8 Å². The number of ether oxygens (including phenoxy) is 4. The van der Waals surface area contributed by atoms with Gasteiger partial charge < -0.3 is 44.6 Å². The summed E-state index contributed by atoms with van der Waals surface area (Å²) in [6.07, 6.45) is 0.810. The number of carboxylic acid groups (broad SMARTS) is 1. The number of pyridine rings is 1. The highest BCUT2D eigenvalue weighted by Crippen LogP contribution is 2.44. The minimum atomic E-state index is -1.50. The molecule has 1 saturated heterocycles. The Labute approximate surface area is 332 Å². The Morgan fingerprint density at radius 1 is 1.03 bits per heavy atom. The van der Waals surface area contributed by atoms with Gasteiger partial charge in [0, 0.05) is 49.9 Å². The first-order chi connectivity index (χ1) is 27.8. The van der Waals surface area contributed by atoms with E-state index in [1.54, 1.807) is 41.0 Å². The van der Waals surface area contributed by atoms with Crippen LogP contribution < -0.4 is 26.1 Å². The van der Waals surface area contributed by atoms with E-state index in [1.807, 2.05) is 17.9 Å². The molecule has 308 valence electrons. The summed E-state index contributed by atoms with van der Waals surface area (Å²) >= 11 is 0. The van der Waals surface area contributed by atoms with Gasteiger partial charge in [0.1, 0.15) is 35.8 Å². The summed E-state index contributed by atoms with van der Waals surface area (Å²) in [5, 5.41) is 12.3. The van der Waals surface area contributed by atoms with Gasteiger partial charge in [0.2, 0.25) is 5.43 Å². The maximum atomic E-state index is 16.0. The molecule has 1 aromatic heterocycles. The Hall–Kier alpha value is -5.87. The molecule has 4 atom stereocenters. The number of aliphatic carboxylic acids is 1. The van der Waals surface area contributed by atoms with Crippen LogP contribution in [0.5, 0.6) is 5.75 Å². The SMILES string of the molecule is COc1c(N2CCNC(C)C2)c(F)cc2c(=O)c(C(=O)OCC(CCOC(=O)CC(N)C(=O)O)OC(=O)C(C)c3ccc(-c4ccccc4)c(F)c3)cn(C3CC3)c12. The molecule has 0 bridgehead atoms. The largest absolute Gasteiger partial charge is 0.492 e. The van der Waals surface area contributed by atoms with E-state index in [9.17, 15) is 24.0 Å². The van der Waals surface area contributed by atoms with Crippen LogP contribution >= 0.6 is 0 Å². The first-order valence-electron chi connectivity index (χ1n) is 19.1. The van der Waals surface area contributed by atoms with Crippen molar-refractivity contribution in [2.45, 2.75) is 69.7 Å². The van der Waals surface area contributed by atoms with Crippen molar-refractivity contribution in [2.75, 3.05) is 44.9 Å².